The number of anilines is 2. The average Bonchev–Trinajstić information content (AvgIpc) is 2.70. The fourth-order valence-corrected chi connectivity index (χ4v) is 2.37. The number of rotatable bonds is 5. The minimum absolute atomic E-state index is 0.0620. The number of para-hydroxylation sites is 2. The second-order valence-corrected chi connectivity index (χ2v) is 5.55. The molecule has 0 fully saturated rings. The molecule has 1 heterocycles. The van der Waals surface area contributed by atoms with E-state index in [0.29, 0.717) is 17.1 Å². The van der Waals surface area contributed by atoms with E-state index in [1.54, 1.807) is 24.3 Å². The summed E-state index contributed by atoms with van der Waals surface area (Å²) in [6.07, 6.45) is 1.37. The van der Waals surface area contributed by atoms with Gasteiger partial charge in [-0.05, 0) is 48.5 Å². The molecule has 136 valence electrons. The largest absolute Gasteiger partial charge is 0.495 e. The van der Waals surface area contributed by atoms with Crippen molar-refractivity contribution < 1.29 is 18.7 Å². The maximum absolute atomic E-state index is 12.9. The number of hydrogen-bond donors (Lipinski definition) is 2. The van der Waals surface area contributed by atoms with Gasteiger partial charge in [-0.1, -0.05) is 12.1 Å². The Hall–Kier alpha value is -3.74. The number of carbonyl (C=O) groups is 2. The third-order valence-corrected chi connectivity index (χ3v) is 3.71. The van der Waals surface area contributed by atoms with E-state index in [1.165, 1.54) is 49.7 Å². The van der Waals surface area contributed by atoms with Crippen LogP contribution in [0.3, 0.4) is 0 Å². The lowest BCUT2D eigenvalue weighted by molar-refractivity contribution is 0.102. The number of ether oxygens (including phenoxy) is 1. The highest BCUT2D eigenvalue weighted by Gasteiger charge is 2.14. The molecule has 1 aromatic heterocycles. The van der Waals surface area contributed by atoms with Crippen LogP contribution >= 0.6 is 0 Å². The summed E-state index contributed by atoms with van der Waals surface area (Å²) >= 11 is 0. The van der Waals surface area contributed by atoms with E-state index < -0.39 is 17.6 Å². The van der Waals surface area contributed by atoms with Crippen molar-refractivity contribution in [3.05, 3.63) is 83.9 Å². The zero-order chi connectivity index (χ0) is 19.2. The molecule has 0 saturated carbocycles. The number of methoxy groups -OCH3 is 1. The fraction of sp³-hybridized carbons (Fsp3) is 0.0500. The first-order valence-electron chi connectivity index (χ1n) is 8.04. The number of hydrogen-bond acceptors (Lipinski definition) is 4. The lowest BCUT2D eigenvalue weighted by Crippen LogP contribution is -2.17. The molecule has 6 nitrogen and oxygen atoms in total. The highest BCUT2D eigenvalue weighted by Crippen LogP contribution is 2.23. The van der Waals surface area contributed by atoms with E-state index in [4.69, 9.17) is 4.74 Å². The molecule has 0 bridgehead atoms. The Morgan fingerprint density at radius 1 is 0.963 bits per heavy atom. The number of benzene rings is 2. The smallest absolute Gasteiger partial charge is 0.274 e. The Labute approximate surface area is 155 Å². The summed E-state index contributed by atoms with van der Waals surface area (Å²) in [6, 6.07) is 15.2. The third-order valence-electron chi connectivity index (χ3n) is 3.71. The molecule has 0 radical (unpaired) electrons. The van der Waals surface area contributed by atoms with Crippen molar-refractivity contribution in [1.82, 2.24) is 4.98 Å². The molecule has 0 saturated heterocycles. The van der Waals surface area contributed by atoms with Crippen LogP contribution in [0.4, 0.5) is 15.8 Å². The zero-order valence-electron chi connectivity index (χ0n) is 14.4. The Morgan fingerprint density at radius 2 is 1.70 bits per heavy atom. The number of nitrogens with one attached hydrogen (secondary N) is 2. The second-order valence-electron chi connectivity index (χ2n) is 5.55. The van der Waals surface area contributed by atoms with E-state index in [-0.39, 0.29) is 11.3 Å². The first-order chi connectivity index (χ1) is 13.1. The number of pyridine rings is 1. The van der Waals surface area contributed by atoms with Crippen LogP contribution in [0.15, 0.2) is 66.9 Å². The van der Waals surface area contributed by atoms with Crippen LogP contribution in [-0.2, 0) is 0 Å². The summed E-state index contributed by atoms with van der Waals surface area (Å²) < 4.78 is 18.1. The van der Waals surface area contributed by atoms with Gasteiger partial charge in [0.2, 0.25) is 0 Å². The summed E-state index contributed by atoms with van der Waals surface area (Å²) in [6.45, 7) is 0. The monoisotopic (exact) mass is 365 g/mol. The minimum atomic E-state index is -0.506. The lowest BCUT2D eigenvalue weighted by atomic mass is 10.2. The molecule has 0 unspecified atom stereocenters. The van der Waals surface area contributed by atoms with Crippen LogP contribution in [-0.4, -0.2) is 23.9 Å². The van der Waals surface area contributed by atoms with E-state index in [0.717, 1.165) is 0 Å². The van der Waals surface area contributed by atoms with Gasteiger partial charge in [-0.25, -0.2) is 4.39 Å². The molecule has 0 spiro atoms. The Kier molecular flexibility index (Phi) is 5.41. The SMILES string of the molecule is COc1ccccc1NC(=O)c1ccnc(C(=O)Nc2ccc(F)cc2)c1. The van der Waals surface area contributed by atoms with E-state index in [9.17, 15) is 14.0 Å². The predicted molar refractivity (Wildman–Crippen MR) is 99.5 cm³/mol. The standard InChI is InChI=1S/C20H16FN3O3/c1-27-18-5-3-2-4-16(18)24-19(25)13-10-11-22-17(12-13)20(26)23-15-8-6-14(21)7-9-15/h2-12H,1H3,(H,23,26)(H,24,25). The number of halogens is 1. The highest BCUT2D eigenvalue weighted by atomic mass is 19.1. The van der Waals surface area contributed by atoms with Crippen molar-refractivity contribution in [3.8, 4) is 5.75 Å². The molecule has 2 amide bonds. The number of aromatic nitrogens is 1. The van der Waals surface area contributed by atoms with Crippen molar-refractivity contribution in [1.29, 1.82) is 0 Å². The van der Waals surface area contributed by atoms with Crippen LogP contribution in [0.2, 0.25) is 0 Å². The molecule has 27 heavy (non-hydrogen) atoms. The summed E-state index contributed by atoms with van der Waals surface area (Å²) in [7, 11) is 1.51. The molecule has 0 atom stereocenters. The summed E-state index contributed by atoms with van der Waals surface area (Å²) in [5.41, 5.74) is 1.26. The molecule has 0 aliphatic rings. The number of amides is 2. The van der Waals surface area contributed by atoms with Gasteiger partial charge in [0.1, 0.15) is 17.3 Å². The van der Waals surface area contributed by atoms with Gasteiger partial charge in [0.15, 0.2) is 0 Å². The van der Waals surface area contributed by atoms with Crippen molar-refractivity contribution in [3.63, 3.8) is 0 Å². The van der Waals surface area contributed by atoms with Crippen molar-refractivity contribution in [2.45, 2.75) is 0 Å². The molecule has 7 heteroatoms. The number of nitrogens with zero attached hydrogens (tertiary/aromatic N) is 1. The molecular formula is C20H16FN3O3. The van der Waals surface area contributed by atoms with Crippen molar-refractivity contribution in [2.75, 3.05) is 17.7 Å². The first kappa shape index (κ1) is 18.1. The Bertz CT molecular complexity index is 974. The van der Waals surface area contributed by atoms with Crippen LogP contribution < -0.4 is 15.4 Å². The Balaban J connectivity index is 1.75. The van der Waals surface area contributed by atoms with Crippen molar-refractivity contribution in [2.24, 2.45) is 0 Å². The number of carbonyl (C=O) groups excluding carboxylic acids is 2. The van der Waals surface area contributed by atoms with Gasteiger partial charge in [0.25, 0.3) is 11.8 Å². The summed E-state index contributed by atoms with van der Waals surface area (Å²) in [5, 5.41) is 5.33. The van der Waals surface area contributed by atoms with Gasteiger partial charge in [0, 0.05) is 17.4 Å². The third kappa shape index (κ3) is 4.46. The van der Waals surface area contributed by atoms with Gasteiger partial charge in [0.05, 0.1) is 12.8 Å². The summed E-state index contributed by atoms with van der Waals surface area (Å²) in [5.74, 6) is -0.790. The quantitative estimate of drug-likeness (QED) is 0.722. The van der Waals surface area contributed by atoms with Gasteiger partial charge in [-0.3, -0.25) is 14.6 Å². The molecule has 0 aliphatic carbocycles. The van der Waals surface area contributed by atoms with Crippen LogP contribution in [0.5, 0.6) is 5.75 Å². The van der Waals surface area contributed by atoms with Gasteiger partial charge in [-0.15, -0.1) is 0 Å². The predicted octanol–water partition coefficient (Wildman–Crippen LogP) is 3.73. The first-order valence-corrected chi connectivity index (χ1v) is 8.04. The zero-order valence-corrected chi connectivity index (χ0v) is 14.4. The second kappa shape index (κ2) is 8.09. The fourth-order valence-electron chi connectivity index (χ4n) is 2.37. The van der Waals surface area contributed by atoms with Crippen LogP contribution in [0, 0.1) is 5.82 Å². The molecule has 3 aromatic rings. The molecule has 2 N–H and O–H groups in total. The average molecular weight is 365 g/mol. The molecule has 3 rings (SSSR count). The summed E-state index contributed by atoms with van der Waals surface area (Å²) in [4.78, 5) is 28.8. The molecular weight excluding hydrogens is 349 g/mol. The molecule has 2 aromatic carbocycles. The maximum atomic E-state index is 12.9. The Morgan fingerprint density at radius 3 is 2.44 bits per heavy atom. The van der Waals surface area contributed by atoms with Gasteiger partial charge < -0.3 is 15.4 Å². The lowest BCUT2D eigenvalue weighted by Gasteiger charge is -2.10. The van der Waals surface area contributed by atoms with E-state index in [1.807, 2.05) is 0 Å². The van der Waals surface area contributed by atoms with Crippen molar-refractivity contribution >= 4 is 23.2 Å². The van der Waals surface area contributed by atoms with E-state index >= 15 is 0 Å². The maximum Gasteiger partial charge on any atom is 0.274 e. The topological polar surface area (TPSA) is 80.3 Å². The van der Waals surface area contributed by atoms with E-state index in [2.05, 4.69) is 15.6 Å². The van der Waals surface area contributed by atoms with Gasteiger partial charge in [-0.2, -0.15) is 0 Å². The molecule has 0 aliphatic heterocycles. The van der Waals surface area contributed by atoms with Crippen LogP contribution in [0.25, 0.3) is 0 Å². The minimum Gasteiger partial charge on any atom is -0.495 e. The van der Waals surface area contributed by atoms with Gasteiger partial charge >= 0.3 is 0 Å². The highest BCUT2D eigenvalue weighted by molar-refractivity contribution is 6.08. The normalized spacial score (nSPS) is 10.1. The van der Waals surface area contributed by atoms with Crippen LogP contribution in [0.1, 0.15) is 20.8 Å².